The largest absolute Gasteiger partial charge is 0.476 e. The Morgan fingerprint density at radius 3 is 2.85 bits per heavy atom. The molecular weight excluding hydrogens is 385 g/mol. The Morgan fingerprint density at radius 2 is 2.25 bits per heavy atom. The minimum Gasteiger partial charge on any atom is -0.476 e. The number of nitrogens with one attached hydrogen (secondary N) is 1. The fourth-order valence-electron chi connectivity index (χ4n) is 2.75. The lowest BCUT2D eigenvalue weighted by atomic mass is 9.93. The Kier molecular flexibility index (Phi) is 5.60. The Labute approximate surface area is 140 Å². The zero-order valence-electron chi connectivity index (χ0n) is 12.4. The third-order valence-corrected chi connectivity index (χ3v) is 5.81. The van der Waals surface area contributed by atoms with Gasteiger partial charge in [0.15, 0.2) is 3.61 Å². The van der Waals surface area contributed by atoms with Gasteiger partial charge in [0, 0.05) is 23.0 Å². The van der Waals surface area contributed by atoms with Gasteiger partial charge in [0.1, 0.15) is 5.75 Å². The van der Waals surface area contributed by atoms with Gasteiger partial charge < -0.3 is 10.1 Å². The van der Waals surface area contributed by atoms with E-state index in [1.54, 1.807) is 0 Å². The molecule has 0 amide bonds. The summed E-state index contributed by atoms with van der Waals surface area (Å²) in [7, 11) is 0. The summed E-state index contributed by atoms with van der Waals surface area (Å²) in [5.41, 5.74) is 1.03. The second kappa shape index (κ2) is 6.84. The lowest BCUT2D eigenvalue weighted by molar-refractivity contribution is 0.101. The van der Waals surface area contributed by atoms with E-state index in [1.165, 1.54) is 6.42 Å². The van der Waals surface area contributed by atoms with Gasteiger partial charge in [0.25, 0.3) is 0 Å². The van der Waals surface area contributed by atoms with Gasteiger partial charge in [-0.1, -0.05) is 31.5 Å². The summed E-state index contributed by atoms with van der Waals surface area (Å²) < 4.78 is 6.31. The van der Waals surface area contributed by atoms with Gasteiger partial charge in [-0.05, 0) is 67.0 Å². The number of hydrogen-bond acceptors (Lipinski definition) is 2. The minimum absolute atomic E-state index is 0.162. The van der Waals surface area contributed by atoms with Crippen LogP contribution in [0.15, 0.2) is 18.2 Å². The van der Waals surface area contributed by atoms with E-state index in [0.29, 0.717) is 11.8 Å². The number of alkyl halides is 1. The smallest absolute Gasteiger partial charge is 0.163 e. The molecular formula is C16H23ClINO. The van der Waals surface area contributed by atoms with E-state index in [4.69, 9.17) is 16.3 Å². The third kappa shape index (κ3) is 3.80. The van der Waals surface area contributed by atoms with Crippen LogP contribution < -0.4 is 10.1 Å². The van der Waals surface area contributed by atoms with Crippen LogP contribution in [0.25, 0.3) is 0 Å². The van der Waals surface area contributed by atoms with E-state index >= 15 is 0 Å². The summed E-state index contributed by atoms with van der Waals surface area (Å²) in [5, 5.41) is 4.23. The SMILES string of the molecule is Cc1c(Cl)cccc1O[C@](I)(CC(C)C)C1CCNC1. The second-order valence-corrected chi connectivity index (χ2v) is 8.27. The Morgan fingerprint density at radius 1 is 1.50 bits per heavy atom. The number of halogens is 2. The quantitative estimate of drug-likeness (QED) is 0.558. The lowest BCUT2D eigenvalue weighted by Crippen LogP contribution is -2.40. The van der Waals surface area contributed by atoms with Gasteiger partial charge in [0.2, 0.25) is 0 Å². The van der Waals surface area contributed by atoms with E-state index in [1.807, 2.05) is 25.1 Å². The van der Waals surface area contributed by atoms with Crippen LogP contribution in [0.4, 0.5) is 0 Å². The van der Waals surface area contributed by atoms with Crippen molar-refractivity contribution in [1.29, 1.82) is 0 Å². The molecule has 2 atom stereocenters. The molecule has 1 aromatic carbocycles. The lowest BCUT2D eigenvalue weighted by Gasteiger charge is -2.36. The first-order chi connectivity index (χ1) is 9.42. The first-order valence-corrected chi connectivity index (χ1v) is 8.72. The maximum atomic E-state index is 6.47. The molecule has 0 radical (unpaired) electrons. The van der Waals surface area contributed by atoms with Gasteiger partial charge in [0.05, 0.1) is 0 Å². The summed E-state index contributed by atoms with van der Waals surface area (Å²) in [6.45, 7) is 8.66. The molecule has 1 heterocycles. The van der Waals surface area contributed by atoms with Gasteiger partial charge in [-0.2, -0.15) is 0 Å². The van der Waals surface area contributed by atoms with Crippen LogP contribution in [-0.4, -0.2) is 16.7 Å². The highest BCUT2D eigenvalue weighted by molar-refractivity contribution is 14.1. The Bertz CT molecular complexity index is 460. The minimum atomic E-state index is -0.162. The number of ether oxygens (including phenoxy) is 1. The molecule has 1 saturated heterocycles. The third-order valence-electron chi connectivity index (χ3n) is 3.85. The van der Waals surface area contributed by atoms with E-state index in [9.17, 15) is 0 Å². The fraction of sp³-hybridized carbons (Fsp3) is 0.625. The average Bonchev–Trinajstić information content (AvgIpc) is 2.88. The van der Waals surface area contributed by atoms with Crippen molar-refractivity contribution in [2.45, 2.75) is 37.2 Å². The average molecular weight is 408 g/mol. The van der Waals surface area contributed by atoms with Crippen molar-refractivity contribution in [1.82, 2.24) is 5.32 Å². The molecule has 1 fully saturated rings. The summed E-state index contributed by atoms with van der Waals surface area (Å²) >= 11 is 8.73. The monoisotopic (exact) mass is 407 g/mol. The number of benzene rings is 1. The maximum absolute atomic E-state index is 6.47. The molecule has 1 aromatic rings. The second-order valence-electron chi connectivity index (χ2n) is 6.04. The zero-order chi connectivity index (χ0) is 14.8. The Hall–Kier alpha value is -0.0000000000000000763. The molecule has 0 aromatic heterocycles. The van der Waals surface area contributed by atoms with Crippen LogP contribution in [0.5, 0.6) is 5.75 Å². The van der Waals surface area contributed by atoms with Crippen LogP contribution in [0.2, 0.25) is 5.02 Å². The first-order valence-electron chi connectivity index (χ1n) is 7.26. The van der Waals surface area contributed by atoms with Crippen molar-refractivity contribution >= 4 is 34.2 Å². The molecule has 1 unspecified atom stereocenters. The summed E-state index contributed by atoms with van der Waals surface area (Å²) in [4.78, 5) is 0. The molecule has 2 nitrogen and oxygen atoms in total. The molecule has 0 spiro atoms. The highest BCUT2D eigenvalue weighted by atomic mass is 127. The van der Waals surface area contributed by atoms with Gasteiger partial charge >= 0.3 is 0 Å². The van der Waals surface area contributed by atoms with Crippen molar-refractivity contribution in [2.24, 2.45) is 11.8 Å². The Balaban J connectivity index is 2.25. The van der Waals surface area contributed by atoms with E-state index in [0.717, 1.165) is 35.8 Å². The van der Waals surface area contributed by atoms with E-state index < -0.39 is 0 Å². The molecule has 1 aliphatic heterocycles. The van der Waals surface area contributed by atoms with Crippen LogP contribution in [0, 0.1) is 18.8 Å². The molecule has 0 saturated carbocycles. The molecule has 4 heteroatoms. The van der Waals surface area contributed by atoms with Crippen molar-refractivity contribution in [3.8, 4) is 5.75 Å². The number of rotatable bonds is 5. The van der Waals surface area contributed by atoms with Crippen LogP contribution in [0.1, 0.15) is 32.3 Å². The molecule has 0 aliphatic carbocycles. The summed E-state index contributed by atoms with van der Waals surface area (Å²) in [6, 6.07) is 5.90. The number of hydrogen-bond donors (Lipinski definition) is 1. The molecule has 1 N–H and O–H groups in total. The topological polar surface area (TPSA) is 21.3 Å². The van der Waals surface area contributed by atoms with Crippen LogP contribution >= 0.6 is 34.2 Å². The standard InChI is InChI=1S/C16H23ClINO/c1-11(2)9-16(18,13-7-8-19-10-13)20-15-6-4-5-14(17)12(15)3/h4-6,11,13,19H,7-10H2,1-3H3/t13?,16-/m1/s1. The van der Waals surface area contributed by atoms with Gasteiger partial charge in [-0.25, -0.2) is 0 Å². The predicted octanol–water partition coefficient (Wildman–Crippen LogP) is 4.81. The fourth-order valence-corrected chi connectivity index (χ4v) is 4.57. The molecule has 112 valence electrons. The van der Waals surface area contributed by atoms with Crippen molar-refractivity contribution < 1.29 is 4.74 Å². The molecule has 1 aliphatic rings. The maximum Gasteiger partial charge on any atom is 0.163 e. The summed E-state index contributed by atoms with van der Waals surface area (Å²) in [6.07, 6.45) is 2.22. The van der Waals surface area contributed by atoms with Crippen LogP contribution in [0.3, 0.4) is 0 Å². The summed E-state index contributed by atoms with van der Waals surface area (Å²) in [5.74, 6) is 2.07. The molecule has 20 heavy (non-hydrogen) atoms. The van der Waals surface area contributed by atoms with Crippen molar-refractivity contribution in [3.05, 3.63) is 28.8 Å². The van der Waals surface area contributed by atoms with Gasteiger partial charge in [-0.15, -0.1) is 0 Å². The van der Waals surface area contributed by atoms with E-state index in [2.05, 4.69) is 41.8 Å². The highest BCUT2D eigenvalue weighted by Crippen LogP contribution is 2.41. The zero-order valence-corrected chi connectivity index (χ0v) is 15.3. The van der Waals surface area contributed by atoms with E-state index in [-0.39, 0.29) is 3.61 Å². The first kappa shape index (κ1) is 16.4. The molecule has 0 bridgehead atoms. The van der Waals surface area contributed by atoms with Crippen molar-refractivity contribution in [2.75, 3.05) is 13.1 Å². The predicted molar refractivity (Wildman–Crippen MR) is 94.0 cm³/mol. The highest BCUT2D eigenvalue weighted by Gasteiger charge is 2.40. The molecule has 2 rings (SSSR count). The van der Waals surface area contributed by atoms with Crippen molar-refractivity contribution in [3.63, 3.8) is 0 Å². The van der Waals surface area contributed by atoms with Gasteiger partial charge in [-0.3, -0.25) is 0 Å². The van der Waals surface area contributed by atoms with Crippen LogP contribution in [-0.2, 0) is 0 Å². The normalized spacial score (nSPS) is 22.0.